The maximum atomic E-state index is 12.7. The number of rotatable bonds is 5. The smallest absolute Gasteiger partial charge is 0.123 e. The molecule has 14 heavy (non-hydrogen) atoms. The van der Waals surface area contributed by atoms with Gasteiger partial charge >= 0.3 is 0 Å². The van der Waals surface area contributed by atoms with Gasteiger partial charge in [0.2, 0.25) is 0 Å². The van der Waals surface area contributed by atoms with E-state index in [-0.39, 0.29) is 5.82 Å². The molecule has 1 nitrogen and oxygen atoms in total. The number of hydrogen-bond acceptors (Lipinski definition) is 2. The predicted molar refractivity (Wildman–Crippen MR) is 61.2 cm³/mol. The van der Waals surface area contributed by atoms with Crippen LogP contribution in [0.3, 0.4) is 0 Å². The summed E-state index contributed by atoms with van der Waals surface area (Å²) in [4.78, 5) is 0. The molecule has 0 aliphatic rings. The highest BCUT2D eigenvalue weighted by atomic mass is 32.2. The molecule has 1 aromatic rings. The van der Waals surface area contributed by atoms with E-state index >= 15 is 0 Å². The third-order valence-corrected chi connectivity index (χ3v) is 2.72. The van der Waals surface area contributed by atoms with Crippen LogP contribution in [0.1, 0.15) is 18.5 Å². The molecule has 1 rings (SSSR count). The van der Waals surface area contributed by atoms with Crippen LogP contribution in [0.15, 0.2) is 24.3 Å². The molecule has 1 atom stereocenters. The van der Waals surface area contributed by atoms with E-state index in [0.717, 1.165) is 17.9 Å². The lowest BCUT2D eigenvalue weighted by molar-refractivity contribution is 0.598. The number of halogens is 1. The second kappa shape index (κ2) is 6.04. The van der Waals surface area contributed by atoms with Crippen LogP contribution in [0.4, 0.5) is 4.39 Å². The van der Waals surface area contributed by atoms with E-state index in [1.807, 2.05) is 12.1 Å². The van der Waals surface area contributed by atoms with Crippen LogP contribution in [-0.2, 0) is 0 Å². The van der Waals surface area contributed by atoms with E-state index in [2.05, 4.69) is 18.5 Å². The summed E-state index contributed by atoms with van der Waals surface area (Å²) in [5.41, 5.74) is 1.16. The molecule has 0 aliphatic heterocycles. The third kappa shape index (κ3) is 3.31. The molecule has 0 spiro atoms. The fourth-order valence-electron chi connectivity index (χ4n) is 1.38. The van der Waals surface area contributed by atoms with Crippen molar-refractivity contribution in [3.8, 4) is 0 Å². The molecular weight excluding hydrogens is 197 g/mol. The van der Waals surface area contributed by atoms with Crippen LogP contribution in [0, 0.1) is 5.82 Å². The van der Waals surface area contributed by atoms with Crippen molar-refractivity contribution in [2.75, 3.05) is 18.6 Å². The van der Waals surface area contributed by atoms with Crippen LogP contribution in [-0.4, -0.2) is 18.6 Å². The summed E-state index contributed by atoms with van der Waals surface area (Å²) in [6.07, 6.45) is 2.08. The van der Waals surface area contributed by atoms with Crippen LogP contribution in [0.5, 0.6) is 0 Å². The van der Waals surface area contributed by atoms with Gasteiger partial charge in [-0.25, -0.2) is 4.39 Å². The summed E-state index contributed by atoms with van der Waals surface area (Å²) in [6, 6.07) is 7.05. The van der Waals surface area contributed by atoms with Gasteiger partial charge in [0, 0.05) is 11.8 Å². The van der Waals surface area contributed by atoms with Gasteiger partial charge in [0.05, 0.1) is 0 Å². The highest BCUT2D eigenvalue weighted by Crippen LogP contribution is 2.17. The van der Waals surface area contributed by atoms with Gasteiger partial charge in [-0.3, -0.25) is 0 Å². The molecule has 3 heteroatoms. The maximum absolute atomic E-state index is 12.7. The fourth-order valence-corrected chi connectivity index (χ4v) is 2.02. The Bertz CT molecular complexity index is 254. The largest absolute Gasteiger partial charge is 0.310 e. The molecule has 0 aromatic heterocycles. The van der Waals surface area contributed by atoms with Crippen LogP contribution < -0.4 is 5.32 Å². The fraction of sp³-hybridized carbons (Fsp3) is 0.455. The van der Waals surface area contributed by atoms with Gasteiger partial charge in [0.1, 0.15) is 5.82 Å². The summed E-state index contributed by atoms with van der Waals surface area (Å²) in [5.74, 6) is 0.840. The van der Waals surface area contributed by atoms with E-state index in [9.17, 15) is 4.39 Å². The third-order valence-electron chi connectivity index (χ3n) is 2.06. The zero-order valence-electron chi connectivity index (χ0n) is 8.59. The number of hydrogen-bond donors (Lipinski definition) is 1. The first-order chi connectivity index (χ1) is 6.77. The average molecular weight is 213 g/mol. The van der Waals surface area contributed by atoms with E-state index in [1.54, 1.807) is 11.8 Å². The van der Waals surface area contributed by atoms with E-state index < -0.39 is 0 Å². The molecule has 0 amide bonds. The molecular formula is C11H16FNS. The highest BCUT2D eigenvalue weighted by molar-refractivity contribution is 7.98. The topological polar surface area (TPSA) is 12.0 Å². The molecule has 78 valence electrons. The lowest BCUT2D eigenvalue weighted by Crippen LogP contribution is -2.22. The highest BCUT2D eigenvalue weighted by Gasteiger charge is 2.08. The normalized spacial score (nSPS) is 12.8. The summed E-state index contributed by atoms with van der Waals surface area (Å²) >= 11 is 1.79. The number of thioether (sulfide) groups is 1. The Labute approximate surface area is 89.1 Å². The predicted octanol–water partition coefficient (Wildman–Crippen LogP) is 2.84. The lowest BCUT2D eigenvalue weighted by Gasteiger charge is -2.16. The van der Waals surface area contributed by atoms with Gasteiger partial charge in [-0.05, 0) is 30.5 Å². The van der Waals surface area contributed by atoms with Gasteiger partial charge in [-0.15, -0.1) is 0 Å². The van der Waals surface area contributed by atoms with E-state index in [0.29, 0.717) is 6.04 Å². The van der Waals surface area contributed by atoms with Gasteiger partial charge in [0.15, 0.2) is 0 Å². The van der Waals surface area contributed by atoms with Gasteiger partial charge in [0.25, 0.3) is 0 Å². The number of benzene rings is 1. The van der Waals surface area contributed by atoms with Crippen LogP contribution >= 0.6 is 11.8 Å². The van der Waals surface area contributed by atoms with Gasteiger partial charge in [-0.1, -0.05) is 19.1 Å². The van der Waals surface area contributed by atoms with Crippen molar-refractivity contribution < 1.29 is 4.39 Å². The molecule has 0 saturated heterocycles. The number of nitrogens with one attached hydrogen (secondary N) is 1. The molecule has 1 aromatic carbocycles. The van der Waals surface area contributed by atoms with Crippen molar-refractivity contribution in [3.63, 3.8) is 0 Å². The molecule has 0 fully saturated rings. The first kappa shape index (κ1) is 11.5. The Morgan fingerprint density at radius 1 is 1.36 bits per heavy atom. The minimum atomic E-state index is -0.173. The first-order valence-electron chi connectivity index (χ1n) is 4.75. The second-order valence-corrected chi connectivity index (χ2v) is 4.03. The lowest BCUT2D eigenvalue weighted by atomic mass is 10.1. The Hall–Kier alpha value is -0.540. The Kier molecular flexibility index (Phi) is 4.98. The van der Waals surface area contributed by atoms with Crippen molar-refractivity contribution in [3.05, 3.63) is 35.6 Å². The van der Waals surface area contributed by atoms with Crippen LogP contribution in [0.25, 0.3) is 0 Å². The molecule has 1 unspecified atom stereocenters. The van der Waals surface area contributed by atoms with Crippen molar-refractivity contribution in [1.29, 1.82) is 0 Å². The van der Waals surface area contributed by atoms with Crippen molar-refractivity contribution in [2.24, 2.45) is 0 Å². The molecule has 0 heterocycles. The quantitative estimate of drug-likeness (QED) is 0.807. The first-order valence-corrected chi connectivity index (χ1v) is 6.15. The van der Waals surface area contributed by atoms with Gasteiger partial charge in [-0.2, -0.15) is 11.8 Å². The standard InChI is InChI=1S/C11H16FNS/c1-3-13-11(8-14-2)9-4-6-10(12)7-5-9/h4-7,11,13H,3,8H2,1-2H3. The SMILES string of the molecule is CCNC(CSC)c1ccc(F)cc1. The van der Waals surface area contributed by atoms with E-state index in [4.69, 9.17) is 0 Å². The summed E-state index contributed by atoms with van der Waals surface area (Å²) in [7, 11) is 0. The van der Waals surface area contributed by atoms with Gasteiger partial charge < -0.3 is 5.32 Å². The Morgan fingerprint density at radius 2 is 2.00 bits per heavy atom. The molecule has 0 radical (unpaired) electrons. The molecule has 0 saturated carbocycles. The van der Waals surface area contributed by atoms with Crippen molar-refractivity contribution >= 4 is 11.8 Å². The summed E-state index contributed by atoms with van der Waals surface area (Å²) in [5, 5.41) is 3.38. The zero-order valence-corrected chi connectivity index (χ0v) is 9.40. The summed E-state index contributed by atoms with van der Waals surface area (Å²) < 4.78 is 12.7. The Balaban J connectivity index is 2.71. The van der Waals surface area contributed by atoms with Crippen LogP contribution in [0.2, 0.25) is 0 Å². The molecule has 1 N–H and O–H groups in total. The monoisotopic (exact) mass is 213 g/mol. The van der Waals surface area contributed by atoms with Crippen molar-refractivity contribution in [2.45, 2.75) is 13.0 Å². The van der Waals surface area contributed by atoms with E-state index in [1.165, 1.54) is 12.1 Å². The minimum absolute atomic E-state index is 0.173. The average Bonchev–Trinajstić information content (AvgIpc) is 2.19. The minimum Gasteiger partial charge on any atom is -0.310 e. The summed E-state index contributed by atoms with van der Waals surface area (Å²) in [6.45, 7) is 3.01. The Morgan fingerprint density at radius 3 is 2.50 bits per heavy atom. The molecule has 0 aliphatic carbocycles. The zero-order chi connectivity index (χ0) is 10.4. The maximum Gasteiger partial charge on any atom is 0.123 e. The second-order valence-electron chi connectivity index (χ2n) is 3.12. The van der Waals surface area contributed by atoms with Crippen molar-refractivity contribution in [1.82, 2.24) is 5.32 Å². The molecule has 0 bridgehead atoms.